The van der Waals surface area contributed by atoms with Crippen LogP contribution in [0.4, 0.5) is 17.1 Å². The molecule has 0 amide bonds. The normalized spacial score (nSPS) is 9.93. The second-order valence-corrected chi connectivity index (χ2v) is 5.61. The Morgan fingerprint density at radius 2 is 1.28 bits per heavy atom. The second-order valence-electron chi connectivity index (χ2n) is 5.61. The van der Waals surface area contributed by atoms with Crippen molar-refractivity contribution in [2.24, 2.45) is 21.7 Å². The summed E-state index contributed by atoms with van der Waals surface area (Å²) in [5.41, 5.74) is 14.7. The molecular formula is C20H20N6O3. The van der Waals surface area contributed by atoms with Gasteiger partial charge in [0.05, 0.1) is 6.21 Å². The Morgan fingerprint density at radius 3 is 1.69 bits per heavy atom. The van der Waals surface area contributed by atoms with Gasteiger partial charge in [0.15, 0.2) is 0 Å². The summed E-state index contributed by atoms with van der Waals surface area (Å²) in [6.45, 7) is 0. The molecule has 0 spiro atoms. The summed E-state index contributed by atoms with van der Waals surface area (Å²) in [6, 6.07) is 28.5. The van der Waals surface area contributed by atoms with Crippen LogP contribution >= 0.6 is 0 Å². The fourth-order valence-electron chi connectivity index (χ4n) is 2.47. The number of nitrogens with zero attached hydrogens (tertiary/aromatic N) is 4. The van der Waals surface area contributed by atoms with E-state index < -0.39 is 5.09 Å². The smallest absolute Gasteiger partial charge is 0.291 e. The standard InChI is InChI=1S/C20H19N5.HNO3/c21-20(22)24-23-15-16-11-13-19(14-12-16)25(17-7-3-1-4-8-17)18-9-5-2-6-10-18;2-1(3)4/h1-15H,(H4,21,22,24);(H,2,3,4)/b23-15+;. The number of anilines is 3. The van der Waals surface area contributed by atoms with Gasteiger partial charge in [-0.15, -0.1) is 15.2 Å². The quantitative estimate of drug-likeness (QED) is 0.263. The lowest BCUT2D eigenvalue weighted by Gasteiger charge is -2.25. The van der Waals surface area contributed by atoms with Crippen molar-refractivity contribution >= 4 is 29.2 Å². The van der Waals surface area contributed by atoms with Crippen LogP contribution in [0.5, 0.6) is 0 Å². The first-order valence-corrected chi connectivity index (χ1v) is 8.43. The van der Waals surface area contributed by atoms with Crippen molar-refractivity contribution in [3.8, 4) is 0 Å². The summed E-state index contributed by atoms with van der Waals surface area (Å²) in [7, 11) is 0. The molecule has 5 N–H and O–H groups in total. The largest absolute Gasteiger partial charge is 0.369 e. The van der Waals surface area contributed by atoms with Gasteiger partial charge in [0, 0.05) is 17.1 Å². The number of benzene rings is 3. The van der Waals surface area contributed by atoms with Crippen LogP contribution in [0, 0.1) is 10.1 Å². The highest BCUT2D eigenvalue weighted by Crippen LogP contribution is 2.33. The van der Waals surface area contributed by atoms with Gasteiger partial charge in [-0.25, -0.2) is 0 Å². The summed E-state index contributed by atoms with van der Waals surface area (Å²) in [5, 5.41) is 21.1. The van der Waals surface area contributed by atoms with Crippen LogP contribution in [-0.2, 0) is 0 Å². The monoisotopic (exact) mass is 392 g/mol. The number of nitrogens with two attached hydrogens (primary N) is 2. The van der Waals surface area contributed by atoms with Gasteiger partial charge in [0.1, 0.15) is 0 Å². The number of guanidine groups is 1. The molecule has 0 aliphatic rings. The molecule has 0 saturated heterocycles. The third-order valence-corrected chi connectivity index (χ3v) is 3.56. The molecule has 0 aliphatic carbocycles. The molecule has 0 aliphatic heterocycles. The van der Waals surface area contributed by atoms with Crippen molar-refractivity contribution in [1.29, 1.82) is 0 Å². The summed E-state index contributed by atoms with van der Waals surface area (Å²) < 4.78 is 0. The maximum Gasteiger partial charge on any atom is 0.291 e. The van der Waals surface area contributed by atoms with E-state index in [0.717, 1.165) is 22.6 Å². The Kier molecular flexibility index (Phi) is 7.70. The molecule has 29 heavy (non-hydrogen) atoms. The maximum atomic E-state index is 8.36. The second kappa shape index (κ2) is 10.7. The first-order chi connectivity index (χ1) is 14.0. The minimum Gasteiger partial charge on any atom is -0.369 e. The Balaban J connectivity index is 0.000000687. The average molecular weight is 392 g/mol. The zero-order valence-corrected chi connectivity index (χ0v) is 15.4. The van der Waals surface area contributed by atoms with Crippen LogP contribution in [0.3, 0.4) is 0 Å². The minimum atomic E-state index is -1.50. The first-order valence-electron chi connectivity index (χ1n) is 8.43. The Bertz CT molecular complexity index is 913. The van der Waals surface area contributed by atoms with Gasteiger partial charge in [-0.05, 0) is 42.0 Å². The summed E-state index contributed by atoms with van der Waals surface area (Å²) in [4.78, 5) is 10.6. The molecular weight excluding hydrogens is 372 g/mol. The molecule has 0 aromatic heterocycles. The molecule has 3 rings (SSSR count). The van der Waals surface area contributed by atoms with Gasteiger partial charge in [0.25, 0.3) is 5.09 Å². The number of hydrogen-bond donors (Lipinski definition) is 3. The molecule has 9 heteroatoms. The predicted octanol–water partition coefficient (Wildman–Crippen LogP) is 3.42. The molecule has 9 nitrogen and oxygen atoms in total. The zero-order chi connectivity index (χ0) is 21.1. The third-order valence-electron chi connectivity index (χ3n) is 3.56. The van der Waals surface area contributed by atoms with Gasteiger partial charge in [0.2, 0.25) is 5.96 Å². The predicted molar refractivity (Wildman–Crippen MR) is 113 cm³/mol. The van der Waals surface area contributed by atoms with Crippen molar-refractivity contribution in [2.75, 3.05) is 4.90 Å². The topological polar surface area (TPSA) is 143 Å². The summed E-state index contributed by atoms with van der Waals surface area (Å²) >= 11 is 0. The molecule has 0 bridgehead atoms. The van der Waals surface area contributed by atoms with E-state index in [4.69, 9.17) is 26.8 Å². The number of para-hydroxylation sites is 2. The lowest BCUT2D eigenvalue weighted by Crippen LogP contribution is -2.21. The van der Waals surface area contributed by atoms with Crippen molar-refractivity contribution in [2.45, 2.75) is 0 Å². The maximum absolute atomic E-state index is 8.36. The van der Waals surface area contributed by atoms with Crippen LogP contribution < -0.4 is 16.4 Å². The van der Waals surface area contributed by atoms with E-state index in [-0.39, 0.29) is 5.96 Å². The van der Waals surface area contributed by atoms with Crippen molar-refractivity contribution in [1.82, 2.24) is 0 Å². The third kappa shape index (κ3) is 7.02. The Labute approximate surface area is 167 Å². The molecule has 0 fully saturated rings. The molecule has 0 saturated carbocycles. The lowest BCUT2D eigenvalue weighted by molar-refractivity contribution is -0.742. The van der Waals surface area contributed by atoms with Gasteiger partial charge >= 0.3 is 0 Å². The van der Waals surface area contributed by atoms with Crippen LogP contribution in [-0.4, -0.2) is 22.5 Å². The van der Waals surface area contributed by atoms with E-state index in [1.165, 1.54) is 0 Å². The Morgan fingerprint density at radius 1 is 0.862 bits per heavy atom. The first kappa shape index (κ1) is 20.9. The molecule has 3 aromatic rings. The number of rotatable bonds is 5. The molecule has 0 unspecified atom stereocenters. The highest BCUT2D eigenvalue weighted by Gasteiger charge is 2.11. The fourth-order valence-corrected chi connectivity index (χ4v) is 2.47. The van der Waals surface area contributed by atoms with Gasteiger partial charge in [-0.3, -0.25) is 0 Å². The van der Waals surface area contributed by atoms with E-state index in [0.29, 0.717) is 0 Å². The minimum absolute atomic E-state index is 0.0628. The van der Waals surface area contributed by atoms with Crippen LogP contribution in [0.1, 0.15) is 5.56 Å². The average Bonchev–Trinajstić information content (AvgIpc) is 2.70. The molecule has 148 valence electrons. The molecule has 0 atom stereocenters. The summed E-state index contributed by atoms with van der Waals surface area (Å²) in [5.74, 6) is -0.0628. The van der Waals surface area contributed by atoms with Crippen molar-refractivity contribution < 1.29 is 10.3 Å². The van der Waals surface area contributed by atoms with Gasteiger partial charge in [-0.2, -0.15) is 5.10 Å². The molecule has 3 aromatic carbocycles. The van der Waals surface area contributed by atoms with Crippen molar-refractivity contribution in [3.63, 3.8) is 0 Å². The highest BCUT2D eigenvalue weighted by molar-refractivity contribution is 5.83. The number of hydrogen-bond acceptors (Lipinski definition) is 5. The van der Waals surface area contributed by atoms with E-state index in [1.54, 1.807) is 6.21 Å². The van der Waals surface area contributed by atoms with Crippen LogP contribution in [0.15, 0.2) is 95.1 Å². The van der Waals surface area contributed by atoms with Gasteiger partial charge < -0.3 is 21.6 Å². The zero-order valence-electron chi connectivity index (χ0n) is 15.4. The van der Waals surface area contributed by atoms with Crippen LogP contribution in [0.2, 0.25) is 0 Å². The van der Waals surface area contributed by atoms with Crippen molar-refractivity contribution in [3.05, 3.63) is 101 Å². The lowest BCUT2D eigenvalue weighted by atomic mass is 10.1. The molecule has 0 radical (unpaired) electrons. The van der Waals surface area contributed by atoms with E-state index in [9.17, 15) is 0 Å². The van der Waals surface area contributed by atoms with Crippen LogP contribution in [0.25, 0.3) is 0 Å². The molecule has 0 heterocycles. The van der Waals surface area contributed by atoms with E-state index in [1.807, 2.05) is 60.7 Å². The van der Waals surface area contributed by atoms with E-state index in [2.05, 4.69) is 39.4 Å². The summed E-state index contributed by atoms with van der Waals surface area (Å²) in [6.07, 6.45) is 1.61. The SMILES string of the molecule is NC(N)=N/N=C/c1ccc(N(c2ccccc2)c2ccccc2)cc1.O=[N+]([O-])O. The van der Waals surface area contributed by atoms with E-state index >= 15 is 0 Å². The van der Waals surface area contributed by atoms with Gasteiger partial charge in [-0.1, -0.05) is 48.5 Å². The highest BCUT2D eigenvalue weighted by atomic mass is 16.9. The fraction of sp³-hybridized carbons (Fsp3) is 0. The Hall–Kier alpha value is -4.40.